The summed E-state index contributed by atoms with van der Waals surface area (Å²) < 4.78 is 2.41. The van der Waals surface area contributed by atoms with Crippen molar-refractivity contribution in [2.24, 2.45) is 0 Å². The van der Waals surface area contributed by atoms with Crippen LogP contribution in [0.15, 0.2) is 77.9 Å². The lowest BCUT2D eigenvalue weighted by atomic mass is 10.1. The van der Waals surface area contributed by atoms with Crippen LogP contribution in [0.1, 0.15) is 0 Å². The largest absolute Gasteiger partial charge is 0.314 e. The molecule has 0 aliphatic heterocycles. The fraction of sp³-hybridized carbons (Fsp3) is 0.0952. The molecule has 0 aliphatic rings. The quantitative estimate of drug-likeness (QED) is 0.545. The molecule has 0 saturated heterocycles. The number of anilines is 1. The number of pyridine rings is 1. The van der Waals surface area contributed by atoms with Crippen molar-refractivity contribution in [3.63, 3.8) is 0 Å². The molecule has 0 fully saturated rings. The number of fused-ring (bicyclic) bond motifs is 1. The third-order valence-corrected chi connectivity index (χ3v) is 5.51. The molecule has 0 radical (unpaired) electrons. The number of thiazole rings is 1. The number of nitrogens with zero attached hydrogens (tertiary/aromatic N) is 3. The van der Waals surface area contributed by atoms with Gasteiger partial charge in [0.25, 0.3) is 0 Å². The van der Waals surface area contributed by atoms with Crippen molar-refractivity contribution in [2.45, 2.75) is 6.54 Å². The van der Waals surface area contributed by atoms with E-state index < -0.39 is 0 Å². The third-order valence-electron chi connectivity index (χ3n) is 4.48. The molecule has 0 aliphatic carbocycles. The molecule has 0 unspecified atom stereocenters. The molecule has 0 saturated carbocycles. The summed E-state index contributed by atoms with van der Waals surface area (Å²) in [5, 5.41) is 0. The predicted molar refractivity (Wildman–Crippen MR) is 109 cm³/mol. The minimum atomic E-state index is -0.144. The Morgan fingerprint density at radius 1 is 1.07 bits per heavy atom. The zero-order chi connectivity index (χ0) is 18.8. The maximum absolute atomic E-state index is 12.7. The third kappa shape index (κ3) is 3.27. The minimum Gasteiger partial charge on any atom is -0.314 e. The summed E-state index contributed by atoms with van der Waals surface area (Å²) in [6.45, 7) is 0.000715. The molecule has 0 N–H and O–H groups in total. The van der Waals surface area contributed by atoms with Crippen LogP contribution in [0.4, 0.5) is 5.69 Å². The van der Waals surface area contributed by atoms with Crippen LogP contribution in [0.3, 0.4) is 0 Å². The first-order chi connectivity index (χ1) is 13.1. The minimum absolute atomic E-state index is 0.000715. The molecule has 134 valence electrons. The molecule has 6 heteroatoms. The number of aromatic nitrogens is 2. The van der Waals surface area contributed by atoms with Gasteiger partial charge in [0.1, 0.15) is 6.54 Å². The highest BCUT2D eigenvalue weighted by Gasteiger charge is 2.17. The van der Waals surface area contributed by atoms with E-state index in [1.54, 1.807) is 28.9 Å². The van der Waals surface area contributed by atoms with E-state index in [1.165, 1.54) is 0 Å². The molecule has 0 atom stereocenters. The van der Waals surface area contributed by atoms with Crippen LogP contribution >= 0.6 is 11.3 Å². The number of hydrogen-bond donors (Lipinski definition) is 0. The lowest BCUT2D eigenvalue weighted by molar-refractivity contribution is -0.118. The van der Waals surface area contributed by atoms with Gasteiger partial charge in [-0.1, -0.05) is 47.7 Å². The monoisotopic (exact) mass is 375 g/mol. The summed E-state index contributed by atoms with van der Waals surface area (Å²) in [5.41, 5.74) is 3.46. The number of rotatable bonds is 4. The SMILES string of the molecule is CN(C(=O)Cn1c(=O)sc2c(-c3cccnc3)cccc21)c1ccccc1. The van der Waals surface area contributed by atoms with Gasteiger partial charge in [0, 0.05) is 36.3 Å². The van der Waals surface area contributed by atoms with Crippen LogP contribution in [0.25, 0.3) is 21.3 Å². The molecule has 0 spiro atoms. The lowest BCUT2D eigenvalue weighted by Crippen LogP contribution is -2.32. The highest BCUT2D eigenvalue weighted by atomic mass is 32.1. The Bertz CT molecular complexity index is 1150. The zero-order valence-corrected chi connectivity index (χ0v) is 15.5. The van der Waals surface area contributed by atoms with Crippen molar-refractivity contribution < 1.29 is 4.79 Å². The lowest BCUT2D eigenvalue weighted by Gasteiger charge is -2.17. The van der Waals surface area contributed by atoms with Gasteiger partial charge in [-0.2, -0.15) is 0 Å². The number of hydrogen-bond acceptors (Lipinski definition) is 4. The van der Waals surface area contributed by atoms with E-state index in [1.807, 2.05) is 60.7 Å². The van der Waals surface area contributed by atoms with Gasteiger partial charge in [0.05, 0.1) is 10.2 Å². The Morgan fingerprint density at radius 3 is 2.63 bits per heavy atom. The maximum Gasteiger partial charge on any atom is 0.308 e. The highest BCUT2D eigenvalue weighted by molar-refractivity contribution is 7.17. The van der Waals surface area contributed by atoms with E-state index >= 15 is 0 Å². The fourth-order valence-electron chi connectivity index (χ4n) is 3.02. The van der Waals surface area contributed by atoms with E-state index in [-0.39, 0.29) is 17.3 Å². The molecule has 4 aromatic rings. The second-order valence-corrected chi connectivity index (χ2v) is 7.10. The van der Waals surface area contributed by atoms with E-state index in [0.29, 0.717) is 0 Å². The highest BCUT2D eigenvalue weighted by Crippen LogP contribution is 2.30. The van der Waals surface area contributed by atoms with Crippen LogP contribution < -0.4 is 9.77 Å². The number of benzene rings is 2. The van der Waals surface area contributed by atoms with Crippen molar-refractivity contribution in [3.05, 3.63) is 82.7 Å². The fourth-order valence-corrected chi connectivity index (χ4v) is 4.05. The molecule has 5 nitrogen and oxygen atoms in total. The van der Waals surface area contributed by atoms with Crippen LogP contribution in [-0.2, 0) is 11.3 Å². The summed E-state index contributed by atoms with van der Waals surface area (Å²) in [7, 11) is 1.72. The van der Waals surface area contributed by atoms with Crippen molar-refractivity contribution in [1.82, 2.24) is 9.55 Å². The Morgan fingerprint density at radius 2 is 1.89 bits per heavy atom. The average Bonchev–Trinajstić information content (AvgIpc) is 3.04. The number of amides is 1. The standard InChI is InChI=1S/C21H17N3O2S/c1-23(16-8-3-2-4-9-16)19(25)14-24-18-11-5-10-17(20(18)27-21(24)26)15-7-6-12-22-13-15/h2-13H,14H2,1H3. The first kappa shape index (κ1) is 17.2. The maximum atomic E-state index is 12.7. The van der Waals surface area contributed by atoms with Crippen molar-refractivity contribution in [3.8, 4) is 11.1 Å². The van der Waals surface area contributed by atoms with Crippen LogP contribution in [0.2, 0.25) is 0 Å². The Balaban J connectivity index is 1.72. The number of para-hydroxylation sites is 1. The molecule has 2 aromatic carbocycles. The normalized spacial score (nSPS) is 10.9. The first-order valence-corrected chi connectivity index (χ1v) is 9.31. The van der Waals surface area contributed by atoms with E-state index in [2.05, 4.69) is 4.98 Å². The topological polar surface area (TPSA) is 55.2 Å². The van der Waals surface area contributed by atoms with Gasteiger partial charge >= 0.3 is 4.87 Å². The van der Waals surface area contributed by atoms with Crippen LogP contribution in [0, 0.1) is 0 Å². The van der Waals surface area contributed by atoms with Crippen molar-refractivity contribution >= 4 is 33.1 Å². The first-order valence-electron chi connectivity index (χ1n) is 8.49. The molecule has 1 amide bonds. The number of carbonyl (C=O) groups is 1. The summed E-state index contributed by atoms with van der Waals surface area (Å²) in [6, 6.07) is 19.0. The second kappa shape index (κ2) is 7.17. The Hall–Kier alpha value is -3.25. The Labute approximate surface area is 160 Å². The molecule has 27 heavy (non-hydrogen) atoms. The van der Waals surface area contributed by atoms with Gasteiger partial charge in [-0.25, -0.2) is 0 Å². The summed E-state index contributed by atoms with van der Waals surface area (Å²) in [6.07, 6.45) is 3.49. The molecule has 0 bridgehead atoms. The summed E-state index contributed by atoms with van der Waals surface area (Å²) in [4.78, 5) is 30.9. The molecular weight excluding hydrogens is 358 g/mol. The smallest absolute Gasteiger partial charge is 0.308 e. The van der Waals surface area contributed by atoms with Gasteiger partial charge in [-0.15, -0.1) is 0 Å². The van der Waals surface area contributed by atoms with Crippen molar-refractivity contribution in [1.29, 1.82) is 0 Å². The van der Waals surface area contributed by atoms with Crippen LogP contribution in [-0.4, -0.2) is 22.5 Å². The number of likely N-dealkylation sites (N-methyl/N-ethyl adjacent to an activating group) is 1. The van der Waals surface area contributed by atoms with Gasteiger partial charge in [0.2, 0.25) is 5.91 Å². The zero-order valence-electron chi connectivity index (χ0n) is 14.7. The van der Waals surface area contributed by atoms with Gasteiger partial charge in [0.15, 0.2) is 0 Å². The van der Waals surface area contributed by atoms with E-state index in [4.69, 9.17) is 0 Å². The number of carbonyl (C=O) groups excluding carboxylic acids is 1. The average molecular weight is 375 g/mol. The van der Waals surface area contributed by atoms with Gasteiger partial charge in [-0.3, -0.25) is 19.1 Å². The van der Waals surface area contributed by atoms with E-state index in [0.717, 1.165) is 38.4 Å². The Kier molecular flexibility index (Phi) is 4.56. The molecule has 4 rings (SSSR count). The van der Waals surface area contributed by atoms with Crippen molar-refractivity contribution in [2.75, 3.05) is 11.9 Å². The van der Waals surface area contributed by atoms with E-state index in [9.17, 15) is 9.59 Å². The molecular formula is C21H17N3O2S. The van der Waals surface area contributed by atoms with Gasteiger partial charge in [-0.05, 0) is 24.3 Å². The van der Waals surface area contributed by atoms with Crippen LogP contribution in [0.5, 0.6) is 0 Å². The predicted octanol–water partition coefficient (Wildman–Crippen LogP) is 3.79. The molecule has 2 aromatic heterocycles. The molecule has 2 heterocycles. The van der Waals surface area contributed by atoms with Gasteiger partial charge < -0.3 is 4.90 Å². The summed E-state index contributed by atoms with van der Waals surface area (Å²) in [5.74, 6) is -0.144. The second-order valence-electron chi connectivity index (χ2n) is 6.14. The summed E-state index contributed by atoms with van der Waals surface area (Å²) >= 11 is 1.16.